The predicted molar refractivity (Wildman–Crippen MR) is 81.6 cm³/mol. The van der Waals surface area contributed by atoms with Gasteiger partial charge in [-0.3, -0.25) is 4.79 Å². The quantitative estimate of drug-likeness (QED) is 0.907. The molecule has 0 bridgehead atoms. The van der Waals surface area contributed by atoms with Crippen LogP contribution in [0.3, 0.4) is 0 Å². The van der Waals surface area contributed by atoms with Crippen molar-refractivity contribution in [1.29, 1.82) is 0 Å². The van der Waals surface area contributed by atoms with E-state index in [1.165, 1.54) is 0 Å². The number of nitrogens with one attached hydrogen (secondary N) is 1. The lowest BCUT2D eigenvalue weighted by Crippen LogP contribution is -2.37. The minimum atomic E-state index is -2.51. The van der Waals surface area contributed by atoms with Gasteiger partial charge in [-0.25, -0.2) is 0 Å². The molecule has 4 nitrogen and oxygen atoms in total. The number of aromatic nitrogens is 1. The molecule has 2 aromatic rings. The van der Waals surface area contributed by atoms with E-state index >= 15 is 0 Å². The number of aromatic amines is 1. The molecule has 3 rings (SSSR count). The van der Waals surface area contributed by atoms with Gasteiger partial charge < -0.3 is 14.8 Å². The minimum absolute atomic E-state index is 0.244. The molecule has 112 valence electrons. The van der Waals surface area contributed by atoms with Gasteiger partial charge in [0.1, 0.15) is 5.60 Å². The summed E-state index contributed by atoms with van der Waals surface area (Å²) < 4.78 is 22.1. The van der Waals surface area contributed by atoms with Crippen LogP contribution in [0, 0.1) is 0 Å². The van der Waals surface area contributed by atoms with Gasteiger partial charge in [0.05, 0.1) is 18.7 Å². The molecule has 1 aromatic carbocycles. The molecule has 4 heteroatoms. The summed E-state index contributed by atoms with van der Waals surface area (Å²) in [5.74, 6) is -1.50. The number of para-hydroxylation sites is 1. The summed E-state index contributed by atoms with van der Waals surface area (Å²) in [6, 6.07) is 6.03. The van der Waals surface area contributed by atoms with Crippen molar-refractivity contribution in [1.82, 2.24) is 4.98 Å². The highest BCUT2D eigenvalue weighted by Gasteiger charge is 2.40. The maximum Gasteiger partial charge on any atom is 0.306 e. The number of hydrogen-bond acceptors (Lipinski definition) is 2. The number of ether oxygens (including phenoxy) is 1. The molecule has 1 aliphatic rings. The van der Waals surface area contributed by atoms with Gasteiger partial charge in [0.15, 0.2) is 0 Å². The fourth-order valence-corrected chi connectivity index (χ4v) is 3.27. The lowest BCUT2D eigenvalue weighted by Gasteiger charge is -2.35. The topological polar surface area (TPSA) is 62.3 Å². The van der Waals surface area contributed by atoms with E-state index in [1.54, 1.807) is 6.92 Å². The number of hydrogen-bond donors (Lipinski definition) is 2. The monoisotopic (exact) mass is 289 g/mol. The smallest absolute Gasteiger partial charge is 0.306 e. The van der Waals surface area contributed by atoms with Gasteiger partial charge in [0.2, 0.25) is 0 Å². The normalized spacial score (nSPS) is 23.5. The fraction of sp³-hybridized carbons (Fsp3) is 0.471. The number of H-pyrrole nitrogens is 1. The summed E-state index contributed by atoms with van der Waals surface area (Å²) in [4.78, 5) is 14.9. The van der Waals surface area contributed by atoms with Crippen molar-refractivity contribution in [3.63, 3.8) is 0 Å². The number of aryl methyl sites for hydroxylation is 1. The van der Waals surface area contributed by atoms with Crippen molar-refractivity contribution in [2.24, 2.45) is 0 Å². The van der Waals surface area contributed by atoms with Crippen LogP contribution in [0.4, 0.5) is 0 Å². The average molecular weight is 289 g/mol. The number of aliphatic carboxylic acids is 1. The maximum atomic E-state index is 11.6. The molecular formula is C17H21NO3. The van der Waals surface area contributed by atoms with Crippen LogP contribution in [-0.2, 0) is 28.0 Å². The largest absolute Gasteiger partial charge is 0.481 e. The molecule has 0 unspecified atom stereocenters. The number of carbonyl (C=O) groups is 1. The van der Waals surface area contributed by atoms with E-state index in [9.17, 15) is 9.90 Å². The summed E-state index contributed by atoms with van der Waals surface area (Å²) in [6.07, 6.45) is -0.764. The van der Waals surface area contributed by atoms with Crippen molar-refractivity contribution in [2.75, 3.05) is 6.61 Å². The van der Waals surface area contributed by atoms with E-state index in [1.807, 2.05) is 18.2 Å². The zero-order valence-electron chi connectivity index (χ0n) is 14.3. The van der Waals surface area contributed by atoms with Crippen molar-refractivity contribution in [2.45, 2.75) is 45.1 Å². The summed E-state index contributed by atoms with van der Waals surface area (Å²) >= 11 is 0. The first kappa shape index (κ1) is 11.8. The van der Waals surface area contributed by atoms with E-state index in [4.69, 9.17) is 7.48 Å². The molecule has 0 aliphatic carbocycles. The number of carboxylic acids is 1. The number of rotatable bonds is 4. The second-order valence-electron chi connectivity index (χ2n) is 5.38. The highest BCUT2D eigenvalue weighted by molar-refractivity contribution is 5.88. The molecule has 0 spiro atoms. The van der Waals surface area contributed by atoms with Gasteiger partial charge in [-0.15, -0.1) is 0 Å². The Morgan fingerprint density at radius 3 is 3.00 bits per heavy atom. The van der Waals surface area contributed by atoms with Gasteiger partial charge in [0, 0.05) is 13.6 Å². The van der Waals surface area contributed by atoms with Crippen molar-refractivity contribution in [3.05, 3.63) is 35.0 Å². The second kappa shape index (κ2) is 5.19. The third kappa shape index (κ3) is 2.14. The molecule has 0 radical (unpaired) electrons. The molecule has 1 aromatic heterocycles. The zero-order valence-corrected chi connectivity index (χ0v) is 12.3. The Hall–Kier alpha value is -1.81. The lowest BCUT2D eigenvalue weighted by molar-refractivity contribution is -0.148. The van der Waals surface area contributed by atoms with Crippen LogP contribution < -0.4 is 0 Å². The number of fused-ring (bicyclic) bond motifs is 3. The highest BCUT2D eigenvalue weighted by Crippen LogP contribution is 2.42. The molecule has 1 atom stereocenters. The Kier molecular flexibility index (Phi) is 2.92. The maximum absolute atomic E-state index is 11.6. The molecule has 21 heavy (non-hydrogen) atoms. The van der Waals surface area contributed by atoms with Crippen LogP contribution in [0.5, 0.6) is 0 Å². The Morgan fingerprint density at radius 1 is 1.52 bits per heavy atom. The van der Waals surface area contributed by atoms with Gasteiger partial charge in [-0.1, -0.05) is 32.0 Å². The summed E-state index contributed by atoms with van der Waals surface area (Å²) in [6.45, 7) is 4.15. The van der Waals surface area contributed by atoms with Crippen LogP contribution >= 0.6 is 0 Å². The number of benzene rings is 1. The Morgan fingerprint density at radius 2 is 2.33 bits per heavy atom. The second-order valence-corrected chi connectivity index (χ2v) is 5.38. The molecule has 0 fully saturated rings. The summed E-state index contributed by atoms with van der Waals surface area (Å²) in [7, 11) is 0. The highest BCUT2D eigenvalue weighted by atomic mass is 16.5. The Balaban J connectivity index is 2.33. The van der Waals surface area contributed by atoms with E-state index in [0.717, 1.165) is 28.5 Å². The summed E-state index contributed by atoms with van der Waals surface area (Å²) in [5.41, 5.74) is 2.17. The van der Waals surface area contributed by atoms with Crippen molar-refractivity contribution in [3.8, 4) is 0 Å². The van der Waals surface area contributed by atoms with Gasteiger partial charge in [-0.05, 0) is 30.4 Å². The van der Waals surface area contributed by atoms with E-state index in [2.05, 4.69) is 11.9 Å². The third-order valence-corrected chi connectivity index (χ3v) is 4.32. The summed E-state index contributed by atoms with van der Waals surface area (Å²) in [5, 5.41) is 10.5. The molecule has 0 amide bonds. The van der Waals surface area contributed by atoms with E-state index < -0.39 is 17.9 Å². The van der Waals surface area contributed by atoms with Crippen LogP contribution in [0.1, 0.15) is 46.2 Å². The van der Waals surface area contributed by atoms with Crippen LogP contribution in [0.25, 0.3) is 10.9 Å². The van der Waals surface area contributed by atoms with Gasteiger partial charge in [-0.2, -0.15) is 0 Å². The first-order chi connectivity index (χ1) is 10.9. The molecule has 2 N–H and O–H groups in total. The zero-order chi connectivity index (χ0) is 16.8. The van der Waals surface area contributed by atoms with E-state index in [0.29, 0.717) is 18.7 Å². The SMILES string of the molecule is [2H]C([2H])(C(=O)O)[C@@]1(CC)OCCc2c1[nH]c1c(CC)cccc21. The molecule has 0 saturated heterocycles. The minimum Gasteiger partial charge on any atom is -0.481 e. The Labute approximate surface area is 126 Å². The molecule has 2 heterocycles. The Bertz CT molecular complexity index is 769. The van der Waals surface area contributed by atoms with Crippen LogP contribution in [-0.4, -0.2) is 22.7 Å². The standard InChI is InChI=1S/C17H21NO3/c1-3-11-6-5-7-12-13-8-9-21-17(4-2,10-14(19)20)16(13)18-15(11)12/h5-7,18H,3-4,8-10H2,1-2H3,(H,19,20)/t17-/m1/s1/i10D2. The first-order valence-corrected chi connectivity index (χ1v) is 7.39. The van der Waals surface area contributed by atoms with Gasteiger partial charge in [0.25, 0.3) is 0 Å². The fourth-order valence-electron chi connectivity index (χ4n) is 3.27. The number of carboxylic acid groups (broad SMARTS) is 1. The van der Waals surface area contributed by atoms with Crippen molar-refractivity contribution >= 4 is 16.9 Å². The molecular weight excluding hydrogens is 266 g/mol. The molecule has 0 saturated carbocycles. The van der Waals surface area contributed by atoms with Crippen molar-refractivity contribution < 1.29 is 17.4 Å². The van der Waals surface area contributed by atoms with Crippen LogP contribution in [0.2, 0.25) is 0 Å². The predicted octanol–water partition coefficient (Wildman–Crippen LogP) is 3.38. The van der Waals surface area contributed by atoms with Gasteiger partial charge >= 0.3 is 5.97 Å². The van der Waals surface area contributed by atoms with E-state index in [-0.39, 0.29) is 6.42 Å². The first-order valence-electron chi connectivity index (χ1n) is 8.39. The molecule has 1 aliphatic heterocycles. The third-order valence-electron chi connectivity index (χ3n) is 4.32. The average Bonchev–Trinajstić information content (AvgIpc) is 2.93. The lowest BCUT2D eigenvalue weighted by atomic mass is 9.86. The van der Waals surface area contributed by atoms with Crippen LogP contribution in [0.15, 0.2) is 18.2 Å².